The molecule has 68 valence electrons. The molecule has 0 aliphatic rings. The summed E-state index contributed by atoms with van der Waals surface area (Å²) in [6.07, 6.45) is 1.45. The molecular weight excluding hydrogens is 226 g/mol. The Labute approximate surface area is 87.5 Å². The number of benzene rings is 1. The van der Waals surface area contributed by atoms with Gasteiger partial charge in [-0.1, -0.05) is 28.1 Å². The Balaban J connectivity index is 2.94. The molecule has 0 amide bonds. The zero-order valence-electron chi connectivity index (χ0n) is 7.89. The van der Waals surface area contributed by atoms with Crippen molar-refractivity contribution in [2.75, 3.05) is 0 Å². The lowest BCUT2D eigenvalue weighted by atomic mass is 10.0. The maximum Gasteiger partial charge on any atom is 0.0625 e. The SMILES string of the molecule is Cc1cc(CCC#N)cc(C)c1Br. The summed E-state index contributed by atoms with van der Waals surface area (Å²) < 4.78 is 1.17. The first-order valence-corrected chi connectivity index (χ1v) is 5.07. The molecule has 0 bridgehead atoms. The summed E-state index contributed by atoms with van der Waals surface area (Å²) in [4.78, 5) is 0. The molecule has 0 unspecified atom stereocenters. The van der Waals surface area contributed by atoms with Crippen molar-refractivity contribution in [3.8, 4) is 6.07 Å². The molecule has 1 aromatic carbocycles. The van der Waals surface area contributed by atoms with Crippen LogP contribution < -0.4 is 0 Å². The Morgan fingerprint density at radius 1 is 1.31 bits per heavy atom. The van der Waals surface area contributed by atoms with Crippen molar-refractivity contribution >= 4 is 15.9 Å². The molecule has 1 nitrogen and oxygen atoms in total. The number of aryl methyl sites for hydroxylation is 3. The first kappa shape index (κ1) is 10.3. The molecule has 0 fully saturated rings. The molecule has 0 spiro atoms. The summed E-state index contributed by atoms with van der Waals surface area (Å²) in [6, 6.07) is 6.42. The Bertz CT molecular complexity index is 327. The first-order chi connectivity index (χ1) is 6.15. The van der Waals surface area contributed by atoms with Crippen LogP contribution in [0.5, 0.6) is 0 Å². The average molecular weight is 238 g/mol. The van der Waals surface area contributed by atoms with Gasteiger partial charge in [-0.05, 0) is 37.0 Å². The fraction of sp³-hybridized carbons (Fsp3) is 0.364. The summed E-state index contributed by atoms with van der Waals surface area (Å²) in [5, 5.41) is 8.46. The Hall–Kier alpha value is -0.810. The monoisotopic (exact) mass is 237 g/mol. The normalized spacial score (nSPS) is 9.69. The maximum absolute atomic E-state index is 8.46. The van der Waals surface area contributed by atoms with Crippen LogP contribution >= 0.6 is 15.9 Å². The molecule has 13 heavy (non-hydrogen) atoms. The number of rotatable bonds is 2. The fourth-order valence-electron chi connectivity index (χ4n) is 1.38. The van der Waals surface area contributed by atoms with E-state index in [4.69, 9.17) is 5.26 Å². The number of hydrogen-bond donors (Lipinski definition) is 0. The lowest BCUT2D eigenvalue weighted by molar-refractivity contribution is 1.00. The van der Waals surface area contributed by atoms with Gasteiger partial charge in [-0.15, -0.1) is 0 Å². The largest absolute Gasteiger partial charge is 0.198 e. The predicted molar refractivity (Wildman–Crippen MR) is 57.6 cm³/mol. The lowest BCUT2D eigenvalue weighted by Gasteiger charge is -2.06. The molecule has 0 heterocycles. The lowest BCUT2D eigenvalue weighted by Crippen LogP contribution is -1.89. The smallest absolute Gasteiger partial charge is 0.0625 e. The van der Waals surface area contributed by atoms with E-state index in [0.717, 1.165) is 6.42 Å². The van der Waals surface area contributed by atoms with Crippen LogP contribution in [0.4, 0.5) is 0 Å². The minimum atomic E-state index is 0.598. The molecular formula is C11H12BrN. The van der Waals surface area contributed by atoms with E-state index >= 15 is 0 Å². The van der Waals surface area contributed by atoms with Crippen LogP contribution in [0.25, 0.3) is 0 Å². The van der Waals surface area contributed by atoms with Crippen LogP contribution in [0.1, 0.15) is 23.1 Å². The minimum absolute atomic E-state index is 0.598. The van der Waals surface area contributed by atoms with Crippen LogP contribution in [0.15, 0.2) is 16.6 Å². The standard InChI is InChI=1S/C11H12BrN/c1-8-6-10(4-3-5-13)7-9(2)11(8)12/h6-7H,3-4H2,1-2H3. The Morgan fingerprint density at radius 3 is 2.31 bits per heavy atom. The predicted octanol–water partition coefficient (Wildman–Crippen LogP) is 3.52. The van der Waals surface area contributed by atoms with Crippen molar-refractivity contribution in [1.82, 2.24) is 0 Å². The van der Waals surface area contributed by atoms with Crippen molar-refractivity contribution in [2.45, 2.75) is 26.7 Å². The van der Waals surface area contributed by atoms with Gasteiger partial charge in [0.25, 0.3) is 0 Å². The number of nitriles is 1. The highest BCUT2D eigenvalue weighted by Crippen LogP contribution is 2.22. The van der Waals surface area contributed by atoms with E-state index in [9.17, 15) is 0 Å². The summed E-state index contributed by atoms with van der Waals surface area (Å²) in [5.41, 5.74) is 3.74. The van der Waals surface area contributed by atoms with Crippen molar-refractivity contribution in [3.05, 3.63) is 33.3 Å². The van der Waals surface area contributed by atoms with E-state index in [-0.39, 0.29) is 0 Å². The molecule has 0 radical (unpaired) electrons. The van der Waals surface area contributed by atoms with Crippen molar-refractivity contribution in [2.24, 2.45) is 0 Å². The highest BCUT2D eigenvalue weighted by atomic mass is 79.9. The maximum atomic E-state index is 8.46. The molecule has 0 aliphatic carbocycles. The average Bonchev–Trinajstić information content (AvgIpc) is 2.10. The molecule has 0 aliphatic heterocycles. The second-order valence-electron chi connectivity index (χ2n) is 3.20. The second-order valence-corrected chi connectivity index (χ2v) is 3.99. The second kappa shape index (κ2) is 4.43. The quantitative estimate of drug-likeness (QED) is 0.773. The molecule has 2 heteroatoms. The Kier molecular flexibility index (Phi) is 3.50. The van der Waals surface area contributed by atoms with Crippen molar-refractivity contribution in [3.63, 3.8) is 0 Å². The highest BCUT2D eigenvalue weighted by Gasteiger charge is 2.01. The van der Waals surface area contributed by atoms with Gasteiger partial charge >= 0.3 is 0 Å². The van der Waals surface area contributed by atoms with Crippen LogP contribution in [0.2, 0.25) is 0 Å². The van der Waals surface area contributed by atoms with Crippen LogP contribution in [-0.2, 0) is 6.42 Å². The van der Waals surface area contributed by atoms with Crippen molar-refractivity contribution in [1.29, 1.82) is 5.26 Å². The molecule has 0 aromatic heterocycles. The number of hydrogen-bond acceptors (Lipinski definition) is 1. The van der Waals surface area contributed by atoms with Crippen molar-refractivity contribution < 1.29 is 0 Å². The molecule has 0 atom stereocenters. The van der Waals surface area contributed by atoms with Gasteiger partial charge in [-0.2, -0.15) is 5.26 Å². The third-order valence-corrected chi connectivity index (χ3v) is 3.27. The van der Waals surface area contributed by atoms with Gasteiger partial charge < -0.3 is 0 Å². The summed E-state index contributed by atoms with van der Waals surface area (Å²) >= 11 is 3.52. The molecule has 1 aromatic rings. The third-order valence-electron chi connectivity index (χ3n) is 2.02. The first-order valence-electron chi connectivity index (χ1n) is 4.27. The van der Waals surface area contributed by atoms with Gasteiger partial charge in [0, 0.05) is 10.9 Å². The zero-order chi connectivity index (χ0) is 9.84. The number of halogens is 1. The third kappa shape index (κ3) is 2.57. The van der Waals surface area contributed by atoms with Gasteiger partial charge in [0.05, 0.1) is 6.07 Å². The molecule has 0 saturated carbocycles. The van der Waals surface area contributed by atoms with E-state index in [1.807, 2.05) is 0 Å². The highest BCUT2D eigenvalue weighted by molar-refractivity contribution is 9.10. The van der Waals surface area contributed by atoms with Crippen LogP contribution in [0, 0.1) is 25.2 Å². The fourth-order valence-corrected chi connectivity index (χ4v) is 1.61. The minimum Gasteiger partial charge on any atom is -0.198 e. The van der Waals surface area contributed by atoms with E-state index in [0.29, 0.717) is 6.42 Å². The topological polar surface area (TPSA) is 23.8 Å². The van der Waals surface area contributed by atoms with Gasteiger partial charge in [-0.3, -0.25) is 0 Å². The van der Waals surface area contributed by atoms with Crippen LogP contribution in [0.3, 0.4) is 0 Å². The van der Waals surface area contributed by atoms with Gasteiger partial charge in [-0.25, -0.2) is 0 Å². The van der Waals surface area contributed by atoms with Gasteiger partial charge in [0.1, 0.15) is 0 Å². The summed E-state index contributed by atoms with van der Waals surface area (Å²) in [6.45, 7) is 4.15. The number of nitrogens with zero attached hydrogens (tertiary/aromatic N) is 1. The molecule has 0 N–H and O–H groups in total. The van der Waals surface area contributed by atoms with E-state index in [1.165, 1.54) is 21.2 Å². The van der Waals surface area contributed by atoms with E-state index in [1.54, 1.807) is 0 Å². The van der Waals surface area contributed by atoms with Gasteiger partial charge in [0.15, 0.2) is 0 Å². The van der Waals surface area contributed by atoms with E-state index < -0.39 is 0 Å². The van der Waals surface area contributed by atoms with E-state index in [2.05, 4.69) is 48.0 Å². The molecule has 1 rings (SSSR count). The zero-order valence-corrected chi connectivity index (χ0v) is 9.48. The van der Waals surface area contributed by atoms with Gasteiger partial charge in [0.2, 0.25) is 0 Å². The van der Waals surface area contributed by atoms with Crippen LogP contribution in [-0.4, -0.2) is 0 Å². The summed E-state index contributed by atoms with van der Waals surface area (Å²) in [7, 11) is 0. The molecule has 0 saturated heterocycles. The summed E-state index contributed by atoms with van der Waals surface area (Å²) in [5.74, 6) is 0. The Morgan fingerprint density at radius 2 is 1.85 bits per heavy atom.